The van der Waals surface area contributed by atoms with E-state index in [1.165, 1.54) is 6.07 Å². The predicted octanol–water partition coefficient (Wildman–Crippen LogP) is 2.59. The number of nitrogens with zero attached hydrogens (tertiary/aromatic N) is 1. The summed E-state index contributed by atoms with van der Waals surface area (Å²) in [5.41, 5.74) is 0.550. The number of rotatable bonds is 6. The highest BCUT2D eigenvalue weighted by molar-refractivity contribution is 5.78. The first-order valence-corrected chi connectivity index (χ1v) is 6.70. The van der Waals surface area contributed by atoms with Crippen molar-refractivity contribution in [3.8, 4) is 0 Å². The van der Waals surface area contributed by atoms with E-state index in [0.717, 1.165) is 6.54 Å². The van der Waals surface area contributed by atoms with Crippen LogP contribution in [0.25, 0.3) is 0 Å². The number of nitrogens with one attached hydrogen (secondary N) is 1. The molecule has 0 aliphatic heterocycles. The molecule has 0 heterocycles. The van der Waals surface area contributed by atoms with Crippen LogP contribution in [-0.2, 0) is 4.79 Å². The van der Waals surface area contributed by atoms with Gasteiger partial charge in [-0.25, -0.2) is 4.39 Å². The van der Waals surface area contributed by atoms with Crippen LogP contribution in [0.4, 0.5) is 4.39 Å². The van der Waals surface area contributed by atoms with Gasteiger partial charge in [0.2, 0.25) is 5.91 Å². The zero-order valence-electron chi connectivity index (χ0n) is 12.1. The fourth-order valence-electron chi connectivity index (χ4n) is 2.01. The van der Waals surface area contributed by atoms with E-state index in [-0.39, 0.29) is 23.7 Å². The Kier molecular flexibility index (Phi) is 5.96. The van der Waals surface area contributed by atoms with Crippen LogP contribution in [0.1, 0.15) is 32.4 Å². The summed E-state index contributed by atoms with van der Waals surface area (Å²) in [7, 11) is 1.72. The lowest BCUT2D eigenvalue weighted by Crippen LogP contribution is -2.38. The van der Waals surface area contributed by atoms with Crippen LogP contribution in [0, 0.1) is 11.7 Å². The highest BCUT2D eigenvalue weighted by Crippen LogP contribution is 2.22. The predicted molar refractivity (Wildman–Crippen MR) is 75.3 cm³/mol. The smallest absolute Gasteiger partial charge is 0.226 e. The molecule has 19 heavy (non-hydrogen) atoms. The number of carbonyl (C=O) groups excluding carboxylic acids is 1. The minimum absolute atomic E-state index is 0.0247. The third-order valence-corrected chi connectivity index (χ3v) is 3.41. The molecule has 1 N–H and O–H groups in total. The van der Waals surface area contributed by atoms with E-state index in [4.69, 9.17) is 0 Å². The minimum atomic E-state index is -0.269. The Balaban J connectivity index is 2.74. The molecule has 0 aliphatic carbocycles. The Bertz CT molecular complexity index is 422. The van der Waals surface area contributed by atoms with Crippen molar-refractivity contribution in [3.05, 3.63) is 35.6 Å². The standard InChI is InChI=1S/C15H23FN2O/c1-5-17-10-11(2)15(19)18(4)12(3)13-8-6-7-9-14(13)16/h6-9,11-12,17H,5,10H2,1-4H3. The molecule has 1 amide bonds. The van der Waals surface area contributed by atoms with Gasteiger partial charge in [0, 0.05) is 25.1 Å². The molecule has 3 nitrogen and oxygen atoms in total. The monoisotopic (exact) mass is 266 g/mol. The minimum Gasteiger partial charge on any atom is -0.339 e. The molecule has 0 bridgehead atoms. The second-order valence-corrected chi connectivity index (χ2v) is 4.86. The molecule has 1 aromatic carbocycles. The van der Waals surface area contributed by atoms with Crippen molar-refractivity contribution in [1.82, 2.24) is 10.2 Å². The molecule has 106 valence electrons. The van der Waals surface area contributed by atoms with Crippen molar-refractivity contribution in [2.45, 2.75) is 26.8 Å². The number of halogens is 1. The molecule has 0 aliphatic rings. The van der Waals surface area contributed by atoms with Crippen LogP contribution in [0.15, 0.2) is 24.3 Å². The third-order valence-electron chi connectivity index (χ3n) is 3.41. The Morgan fingerprint density at radius 3 is 2.58 bits per heavy atom. The van der Waals surface area contributed by atoms with Gasteiger partial charge < -0.3 is 10.2 Å². The summed E-state index contributed by atoms with van der Waals surface area (Å²) in [4.78, 5) is 13.8. The van der Waals surface area contributed by atoms with Crippen molar-refractivity contribution in [2.75, 3.05) is 20.1 Å². The number of hydrogen-bond donors (Lipinski definition) is 1. The third kappa shape index (κ3) is 4.03. The zero-order chi connectivity index (χ0) is 14.4. The van der Waals surface area contributed by atoms with E-state index in [0.29, 0.717) is 12.1 Å². The van der Waals surface area contributed by atoms with Gasteiger partial charge in [-0.2, -0.15) is 0 Å². The second kappa shape index (κ2) is 7.24. The van der Waals surface area contributed by atoms with Crippen molar-refractivity contribution in [3.63, 3.8) is 0 Å². The lowest BCUT2D eigenvalue weighted by molar-refractivity contribution is -0.135. The van der Waals surface area contributed by atoms with Crippen LogP contribution in [0.5, 0.6) is 0 Å². The molecule has 0 saturated carbocycles. The molecule has 0 aromatic heterocycles. The van der Waals surface area contributed by atoms with Crippen LogP contribution < -0.4 is 5.32 Å². The average Bonchev–Trinajstić information content (AvgIpc) is 2.42. The summed E-state index contributed by atoms with van der Waals surface area (Å²) in [5, 5.41) is 3.15. The van der Waals surface area contributed by atoms with E-state index in [2.05, 4.69) is 5.32 Å². The maximum absolute atomic E-state index is 13.7. The Morgan fingerprint density at radius 1 is 1.37 bits per heavy atom. The fourth-order valence-corrected chi connectivity index (χ4v) is 2.01. The van der Waals surface area contributed by atoms with Crippen LogP contribution >= 0.6 is 0 Å². The van der Waals surface area contributed by atoms with Crippen LogP contribution in [-0.4, -0.2) is 30.9 Å². The Labute approximate surface area is 114 Å². The van der Waals surface area contributed by atoms with Crippen molar-refractivity contribution < 1.29 is 9.18 Å². The molecule has 1 aromatic rings. The quantitative estimate of drug-likeness (QED) is 0.858. The number of amides is 1. The van der Waals surface area contributed by atoms with Crippen molar-refractivity contribution >= 4 is 5.91 Å². The van der Waals surface area contributed by atoms with Crippen LogP contribution in [0.3, 0.4) is 0 Å². The Hall–Kier alpha value is -1.42. The molecule has 2 atom stereocenters. The molecule has 2 unspecified atom stereocenters. The largest absolute Gasteiger partial charge is 0.339 e. The van der Waals surface area contributed by atoms with Gasteiger partial charge >= 0.3 is 0 Å². The Morgan fingerprint density at radius 2 is 2.00 bits per heavy atom. The first kappa shape index (κ1) is 15.6. The van der Waals surface area contributed by atoms with E-state index in [1.54, 1.807) is 30.1 Å². The molecule has 1 rings (SSSR count). The molecule has 4 heteroatoms. The first-order valence-electron chi connectivity index (χ1n) is 6.70. The number of hydrogen-bond acceptors (Lipinski definition) is 2. The van der Waals surface area contributed by atoms with Gasteiger partial charge in [0.05, 0.1) is 6.04 Å². The summed E-state index contributed by atoms with van der Waals surface area (Å²) in [6, 6.07) is 6.32. The van der Waals surface area contributed by atoms with Gasteiger partial charge in [0.25, 0.3) is 0 Å². The lowest BCUT2D eigenvalue weighted by Gasteiger charge is -2.28. The topological polar surface area (TPSA) is 32.3 Å². The maximum atomic E-state index is 13.7. The molecule has 0 spiro atoms. The maximum Gasteiger partial charge on any atom is 0.226 e. The summed E-state index contributed by atoms with van der Waals surface area (Å²) in [5.74, 6) is -0.357. The fraction of sp³-hybridized carbons (Fsp3) is 0.533. The van der Waals surface area contributed by atoms with E-state index < -0.39 is 0 Å². The SMILES string of the molecule is CCNCC(C)C(=O)N(C)C(C)c1ccccc1F. The van der Waals surface area contributed by atoms with E-state index in [1.807, 2.05) is 20.8 Å². The van der Waals surface area contributed by atoms with Gasteiger partial charge in [0.1, 0.15) is 5.82 Å². The normalized spacial score (nSPS) is 13.9. The van der Waals surface area contributed by atoms with E-state index >= 15 is 0 Å². The molecule has 0 radical (unpaired) electrons. The average molecular weight is 266 g/mol. The molecular weight excluding hydrogens is 243 g/mol. The van der Waals surface area contributed by atoms with Crippen molar-refractivity contribution in [1.29, 1.82) is 0 Å². The second-order valence-electron chi connectivity index (χ2n) is 4.86. The summed E-state index contributed by atoms with van der Waals surface area (Å²) in [6.07, 6.45) is 0. The first-order chi connectivity index (χ1) is 8.99. The van der Waals surface area contributed by atoms with Gasteiger partial charge in [0.15, 0.2) is 0 Å². The van der Waals surface area contributed by atoms with Gasteiger partial charge in [-0.1, -0.05) is 32.0 Å². The molecule has 0 fully saturated rings. The number of carbonyl (C=O) groups is 1. The number of benzene rings is 1. The molecule has 0 saturated heterocycles. The van der Waals surface area contributed by atoms with Gasteiger partial charge in [-0.05, 0) is 19.5 Å². The zero-order valence-corrected chi connectivity index (χ0v) is 12.1. The lowest BCUT2D eigenvalue weighted by atomic mass is 10.0. The highest BCUT2D eigenvalue weighted by atomic mass is 19.1. The molecular formula is C15H23FN2O. The summed E-state index contributed by atoms with van der Waals surface area (Å²) in [6.45, 7) is 7.21. The van der Waals surface area contributed by atoms with E-state index in [9.17, 15) is 9.18 Å². The van der Waals surface area contributed by atoms with Gasteiger partial charge in [-0.15, -0.1) is 0 Å². The van der Waals surface area contributed by atoms with Crippen LogP contribution in [0.2, 0.25) is 0 Å². The summed E-state index contributed by atoms with van der Waals surface area (Å²) < 4.78 is 13.7. The van der Waals surface area contributed by atoms with Gasteiger partial charge in [-0.3, -0.25) is 4.79 Å². The van der Waals surface area contributed by atoms with Crippen molar-refractivity contribution in [2.24, 2.45) is 5.92 Å². The highest BCUT2D eigenvalue weighted by Gasteiger charge is 2.23. The summed E-state index contributed by atoms with van der Waals surface area (Å²) >= 11 is 0.